The highest BCUT2D eigenvalue weighted by molar-refractivity contribution is 8.03. The summed E-state index contributed by atoms with van der Waals surface area (Å²) in [6.07, 6.45) is 15.4. The first-order chi connectivity index (χ1) is 20.6. The molecule has 0 saturated heterocycles. The van der Waals surface area contributed by atoms with E-state index < -0.39 is 11.9 Å². The van der Waals surface area contributed by atoms with Gasteiger partial charge in [-0.15, -0.1) is 0 Å². The number of ketones is 1. The number of rotatable bonds is 12. The smallest absolute Gasteiger partial charge is 0.328 e. The Balaban J connectivity index is 0.000000557. The number of benzene rings is 1. The molecule has 10 nitrogen and oxygen atoms in total. The molecule has 234 valence electrons. The SMILES string of the molecule is COc1ccc(OCCCCCN(C)C2CCCCC2)c(C2SC3=C(C(=O)CC=C3)N2C(C)=O)c1.O=C(O)/C=C/C(=O)O. The summed E-state index contributed by atoms with van der Waals surface area (Å²) >= 11 is 1.52. The first-order valence-electron chi connectivity index (χ1n) is 14.7. The van der Waals surface area contributed by atoms with Crippen LogP contribution in [-0.2, 0) is 19.2 Å². The Bertz CT molecular complexity index is 1240. The van der Waals surface area contributed by atoms with Crippen molar-refractivity contribution in [2.45, 2.75) is 76.1 Å². The van der Waals surface area contributed by atoms with Crippen molar-refractivity contribution >= 4 is 35.4 Å². The highest BCUT2D eigenvalue weighted by Crippen LogP contribution is 2.52. The molecule has 0 bridgehead atoms. The number of carboxylic acids is 2. The number of hydrogen-bond donors (Lipinski definition) is 2. The molecule has 1 fully saturated rings. The molecule has 1 atom stereocenters. The molecule has 2 N–H and O–H groups in total. The Morgan fingerprint density at radius 1 is 1.07 bits per heavy atom. The second-order valence-electron chi connectivity index (χ2n) is 10.7. The van der Waals surface area contributed by atoms with Gasteiger partial charge in [-0.1, -0.05) is 37.1 Å². The number of Topliss-reactive ketones (excluding diaryl/α,β-unsaturated/α-hetero) is 1. The lowest BCUT2D eigenvalue weighted by Crippen LogP contribution is -2.34. The summed E-state index contributed by atoms with van der Waals surface area (Å²) in [4.78, 5) is 49.4. The van der Waals surface area contributed by atoms with E-state index in [0.29, 0.717) is 36.6 Å². The minimum Gasteiger partial charge on any atom is -0.497 e. The van der Waals surface area contributed by atoms with Gasteiger partial charge in [0.05, 0.1) is 13.7 Å². The van der Waals surface area contributed by atoms with Crippen molar-refractivity contribution in [2.24, 2.45) is 0 Å². The lowest BCUT2D eigenvalue weighted by Gasteiger charge is -2.31. The monoisotopic (exact) mass is 614 g/mol. The fraction of sp³-hybridized carbons (Fsp3) is 0.500. The van der Waals surface area contributed by atoms with Gasteiger partial charge in [-0.05, 0) is 70.0 Å². The molecule has 1 aromatic rings. The minimum absolute atomic E-state index is 0.0174. The van der Waals surface area contributed by atoms with Gasteiger partial charge in [-0.2, -0.15) is 0 Å². The highest BCUT2D eigenvalue weighted by atomic mass is 32.2. The van der Waals surface area contributed by atoms with Crippen LogP contribution in [0.15, 0.2) is 53.1 Å². The summed E-state index contributed by atoms with van der Waals surface area (Å²) in [6, 6.07) is 6.48. The number of nitrogens with zero attached hydrogens (tertiary/aromatic N) is 2. The van der Waals surface area contributed by atoms with Crippen LogP contribution in [0.25, 0.3) is 0 Å². The van der Waals surface area contributed by atoms with Crippen molar-refractivity contribution in [3.63, 3.8) is 0 Å². The van der Waals surface area contributed by atoms with Crippen LogP contribution in [0.3, 0.4) is 0 Å². The molecule has 1 heterocycles. The third kappa shape index (κ3) is 10.00. The Morgan fingerprint density at radius 2 is 1.77 bits per heavy atom. The molecule has 1 aromatic carbocycles. The van der Waals surface area contributed by atoms with Gasteiger partial charge in [0.1, 0.15) is 22.6 Å². The Hall–Kier alpha value is -3.57. The van der Waals surface area contributed by atoms with Crippen molar-refractivity contribution in [3.05, 3.63) is 58.7 Å². The topological polar surface area (TPSA) is 134 Å². The predicted molar refractivity (Wildman–Crippen MR) is 165 cm³/mol. The fourth-order valence-electron chi connectivity index (χ4n) is 5.40. The van der Waals surface area contributed by atoms with Crippen LogP contribution < -0.4 is 9.47 Å². The lowest BCUT2D eigenvalue weighted by atomic mass is 9.94. The van der Waals surface area contributed by atoms with E-state index in [-0.39, 0.29) is 17.1 Å². The van der Waals surface area contributed by atoms with E-state index in [2.05, 4.69) is 11.9 Å². The van der Waals surface area contributed by atoms with Crippen molar-refractivity contribution in [3.8, 4) is 11.5 Å². The lowest BCUT2D eigenvalue weighted by molar-refractivity contribution is -0.134. The number of amides is 1. The van der Waals surface area contributed by atoms with Crippen LogP contribution in [0.4, 0.5) is 0 Å². The van der Waals surface area contributed by atoms with Crippen molar-refractivity contribution in [1.29, 1.82) is 0 Å². The van der Waals surface area contributed by atoms with E-state index in [4.69, 9.17) is 19.7 Å². The number of unbranched alkanes of at least 4 members (excludes halogenated alkanes) is 2. The first kappa shape index (κ1) is 33.9. The van der Waals surface area contributed by atoms with E-state index >= 15 is 0 Å². The highest BCUT2D eigenvalue weighted by Gasteiger charge is 2.40. The van der Waals surface area contributed by atoms with Crippen LogP contribution in [-0.4, -0.2) is 77.0 Å². The molecule has 1 unspecified atom stereocenters. The van der Waals surface area contributed by atoms with Crippen molar-refractivity contribution in [2.75, 3.05) is 27.3 Å². The molecule has 3 aliphatic rings. The zero-order valence-corrected chi connectivity index (χ0v) is 25.9. The molecule has 4 rings (SSSR count). The molecule has 0 radical (unpaired) electrons. The second-order valence-corrected chi connectivity index (χ2v) is 11.8. The van der Waals surface area contributed by atoms with E-state index in [1.54, 1.807) is 12.0 Å². The molecule has 11 heteroatoms. The molecule has 0 spiro atoms. The quantitative estimate of drug-likeness (QED) is 0.228. The zero-order chi connectivity index (χ0) is 31.4. The van der Waals surface area contributed by atoms with E-state index in [0.717, 1.165) is 41.6 Å². The Labute approximate surface area is 257 Å². The molecular formula is C32H42N2O8S. The second kappa shape index (κ2) is 16.9. The molecular weight excluding hydrogens is 572 g/mol. The van der Waals surface area contributed by atoms with Crippen molar-refractivity contribution < 1.29 is 38.9 Å². The number of allylic oxidation sites excluding steroid dienone is 3. The fourth-order valence-corrected chi connectivity index (χ4v) is 6.81. The minimum atomic E-state index is -1.26. The predicted octanol–water partition coefficient (Wildman–Crippen LogP) is 5.56. The van der Waals surface area contributed by atoms with Gasteiger partial charge in [0.15, 0.2) is 5.78 Å². The number of methoxy groups -OCH3 is 1. The van der Waals surface area contributed by atoms with Crippen LogP contribution in [0.2, 0.25) is 0 Å². The van der Waals surface area contributed by atoms with Gasteiger partial charge in [0.25, 0.3) is 0 Å². The number of hydrogen-bond acceptors (Lipinski definition) is 8. The number of carboxylic acid groups (broad SMARTS) is 2. The van der Waals surface area contributed by atoms with Crippen LogP contribution in [0.5, 0.6) is 11.5 Å². The largest absolute Gasteiger partial charge is 0.497 e. The third-order valence-electron chi connectivity index (χ3n) is 7.59. The van der Waals surface area contributed by atoms with Gasteiger partial charge < -0.3 is 24.6 Å². The molecule has 1 amide bonds. The van der Waals surface area contributed by atoms with Crippen LogP contribution in [0, 0.1) is 0 Å². The van der Waals surface area contributed by atoms with Gasteiger partial charge in [0, 0.05) is 42.0 Å². The van der Waals surface area contributed by atoms with Crippen LogP contribution in [0.1, 0.15) is 75.6 Å². The standard InChI is InChI=1S/C28H38N2O4S.C4H4O4/c1-20(31)30-27-24(32)13-10-14-26(27)35-28(30)23-19-22(33-3)15-16-25(23)34-18-9-5-8-17-29(2)21-11-6-4-7-12-21;5-3(6)1-2-4(7)8/h10,14-16,19,21,28H,4-9,11-13,17-18H2,1-3H3;1-2H,(H,5,6)(H,7,8)/b;2-1+. The maximum absolute atomic E-state index is 12.6. The molecule has 2 aliphatic carbocycles. The Morgan fingerprint density at radius 3 is 2.40 bits per heavy atom. The van der Waals surface area contributed by atoms with Gasteiger partial charge in [-0.25, -0.2) is 9.59 Å². The number of carbonyl (C=O) groups excluding carboxylic acids is 2. The molecule has 43 heavy (non-hydrogen) atoms. The Kier molecular flexibility index (Phi) is 13.3. The summed E-state index contributed by atoms with van der Waals surface area (Å²) in [5, 5.41) is 15.3. The summed E-state index contributed by atoms with van der Waals surface area (Å²) in [7, 11) is 3.90. The first-order valence-corrected chi connectivity index (χ1v) is 15.6. The normalized spacial score (nSPS) is 18.5. The molecule has 0 aromatic heterocycles. The number of ether oxygens (including phenoxy) is 2. The van der Waals surface area contributed by atoms with Crippen LogP contribution >= 0.6 is 11.8 Å². The summed E-state index contributed by atoms with van der Waals surface area (Å²) in [6.45, 7) is 3.28. The average Bonchev–Trinajstić information content (AvgIpc) is 3.40. The van der Waals surface area contributed by atoms with Gasteiger partial charge >= 0.3 is 11.9 Å². The maximum atomic E-state index is 12.6. The van der Waals surface area contributed by atoms with E-state index in [9.17, 15) is 19.2 Å². The number of carbonyl (C=O) groups is 4. The van der Waals surface area contributed by atoms with Gasteiger partial charge in [0.2, 0.25) is 5.91 Å². The molecule has 1 saturated carbocycles. The summed E-state index contributed by atoms with van der Waals surface area (Å²) < 4.78 is 11.7. The summed E-state index contributed by atoms with van der Waals surface area (Å²) in [5.41, 5.74) is 1.36. The average molecular weight is 615 g/mol. The third-order valence-corrected chi connectivity index (χ3v) is 8.86. The number of thioether (sulfide) groups is 1. The number of aliphatic carboxylic acids is 2. The van der Waals surface area contributed by atoms with E-state index in [1.807, 2.05) is 30.4 Å². The van der Waals surface area contributed by atoms with E-state index in [1.165, 1.54) is 57.2 Å². The summed E-state index contributed by atoms with van der Waals surface area (Å²) in [5.74, 6) is -1.23. The van der Waals surface area contributed by atoms with Gasteiger partial charge in [-0.3, -0.25) is 14.5 Å². The molecule has 1 aliphatic heterocycles. The maximum Gasteiger partial charge on any atom is 0.328 e. The zero-order valence-electron chi connectivity index (χ0n) is 25.1. The van der Waals surface area contributed by atoms with Crippen molar-refractivity contribution in [1.82, 2.24) is 9.80 Å².